The summed E-state index contributed by atoms with van der Waals surface area (Å²) >= 11 is 0. The third-order valence-electron chi connectivity index (χ3n) is 3.52. The molecule has 3 nitrogen and oxygen atoms in total. The van der Waals surface area contributed by atoms with Gasteiger partial charge in [0.05, 0.1) is 0 Å². The Morgan fingerprint density at radius 3 is 2.10 bits per heavy atom. The Balaban J connectivity index is 1.81. The lowest BCUT2D eigenvalue weighted by molar-refractivity contribution is -0.118. The van der Waals surface area contributed by atoms with E-state index in [9.17, 15) is 4.79 Å². The van der Waals surface area contributed by atoms with Crippen LogP contribution < -0.4 is 4.90 Å². The molecule has 2 aromatic carbocycles. The molecule has 0 atom stereocenters. The maximum Gasteiger partial charge on any atom is 0.228 e. The summed E-state index contributed by atoms with van der Waals surface area (Å²) < 4.78 is 0. The van der Waals surface area contributed by atoms with Crippen molar-refractivity contribution >= 4 is 11.6 Å². The maximum absolute atomic E-state index is 12.2. The topological polar surface area (TPSA) is 23.6 Å². The van der Waals surface area contributed by atoms with Crippen LogP contribution in [-0.2, 0) is 11.3 Å². The summed E-state index contributed by atoms with van der Waals surface area (Å²) in [6.45, 7) is 1.62. The Labute approximate surface area is 126 Å². The van der Waals surface area contributed by atoms with E-state index < -0.39 is 0 Å². The zero-order valence-electron chi connectivity index (χ0n) is 12.7. The lowest BCUT2D eigenvalue weighted by atomic mass is 10.2. The minimum absolute atomic E-state index is 0.140. The second-order valence-electron chi connectivity index (χ2n) is 5.26. The Morgan fingerprint density at radius 2 is 1.48 bits per heavy atom. The molecule has 3 heteroatoms. The first-order valence-corrected chi connectivity index (χ1v) is 7.21. The zero-order valence-corrected chi connectivity index (χ0v) is 12.7. The molecule has 0 fully saturated rings. The van der Waals surface area contributed by atoms with Gasteiger partial charge in [-0.05, 0) is 24.7 Å². The Hall–Kier alpha value is -2.13. The SMILES string of the molecule is CN(CCC(=O)N(C)c1ccccc1)Cc1ccccc1. The van der Waals surface area contributed by atoms with Crippen LogP contribution in [0.3, 0.4) is 0 Å². The molecule has 0 saturated heterocycles. The molecular formula is C18H22N2O. The summed E-state index contributed by atoms with van der Waals surface area (Å²) in [5, 5.41) is 0. The molecule has 0 aliphatic heterocycles. The van der Waals surface area contributed by atoms with E-state index >= 15 is 0 Å². The van der Waals surface area contributed by atoms with E-state index in [1.165, 1.54) is 5.56 Å². The monoisotopic (exact) mass is 282 g/mol. The molecule has 0 bridgehead atoms. The molecule has 110 valence electrons. The average Bonchev–Trinajstić information content (AvgIpc) is 2.53. The largest absolute Gasteiger partial charge is 0.315 e. The molecule has 0 aliphatic carbocycles. The number of carbonyl (C=O) groups excluding carboxylic acids is 1. The fourth-order valence-corrected chi connectivity index (χ4v) is 2.22. The minimum atomic E-state index is 0.140. The first-order valence-electron chi connectivity index (χ1n) is 7.21. The second kappa shape index (κ2) is 7.60. The molecule has 0 unspecified atom stereocenters. The van der Waals surface area contributed by atoms with E-state index in [0.29, 0.717) is 6.42 Å². The fraction of sp³-hybridized carbons (Fsp3) is 0.278. The summed E-state index contributed by atoms with van der Waals surface area (Å²) in [6.07, 6.45) is 0.523. The van der Waals surface area contributed by atoms with E-state index in [2.05, 4.69) is 17.0 Å². The first-order chi connectivity index (χ1) is 10.2. The number of carbonyl (C=O) groups is 1. The number of hydrogen-bond acceptors (Lipinski definition) is 2. The van der Waals surface area contributed by atoms with E-state index in [0.717, 1.165) is 18.8 Å². The molecular weight excluding hydrogens is 260 g/mol. The normalized spacial score (nSPS) is 10.6. The number of benzene rings is 2. The van der Waals surface area contributed by atoms with E-state index in [1.807, 2.05) is 62.6 Å². The van der Waals surface area contributed by atoms with Gasteiger partial charge in [-0.2, -0.15) is 0 Å². The van der Waals surface area contributed by atoms with Crippen LogP contribution in [0.5, 0.6) is 0 Å². The van der Waals surface area contributed by atoms with Crippen LogP contribution in [0.1, 0.15) is 12.0 Å². The van der Waals surface area contributed by atoms with Crippen molar-refractivity contribution in [3.63, 3.8) is 0 Å². The average molecular weight is 282 g/mol. The van der Waals surface area contributed by atoms with Crippen molar-refractivity contribution in [2.45, 2.75) is 13.0 Å². The Bertz CT molecular complexity index is 554. The smallest absolute Gasteiger partial charge is 0.228 e. The summed E-state index contributed by atoms with van der Waals surface area (Å²) in [7, 11) is 3.87. The highest BCUT2D eigenvalue weighted by molar-refractivity contribution is 5.92. The predicted molar refractivity (Wildman–Crippen MR) is 87.2 cm³/mol. The fourth-order valence-electron chi connectivity index (χ4n) is 2.22. The van der Waals surface area contributed by atoms with Crippen LogP contribution in [0.4, 0.5) is 5.69 Å². The van der Waals surface area contributed by atoms with Crippen LogP contribution in [-0.4, -0.2) is 31.4 Å². The molecule has 0 saturated carbocycles. The van der Waals surface area contributed by atoms with Crippen LogP contribution in [0.25, 0.3) is 0 Å². The van der Waals surface area contributed by atoms with Crippen molar-refractivity contribution in [1.82, 2.24) is 4.90 Å². The van der Waals surface area contributed by atoms with E-state index in [1.54, 1.807) is 4.90 Å². The van der Waals surface area contributed by atoms with E-state index in [4.69, 9.17) is 0 Å². The first kappa shape index (κ1) is 15.3. The molecule has 2 rings (SSSR count). The van der Waals surface area contributed by atoms with Gasteiger partial charge in [-0.1, -0.05) is 48.5 Å². The molecule has 0 aliphatic rings. The third-order valence-corrected chi connectivity index (χ3v) is 3.52. The van der Waals surface area contributed by atoms with Gasteiger partial charge in [0, 0.05) is 32.2 Å². The molecule has 0 aromatic heterocycles. The van der Waals surface area contributed by atoms with Crippen molar-refractivity contribution in [3.05, 3.63) is 66.2 Å². The second-order valence-corrected chi connectivity index (χ2v) is 5.26. The van der Waals surface area contributed by atoms with Crippen LogP contribution in [0.15, 0.2) is 60.7 Å². The van der Waals surface area contributed by atoms with Gasteiger partial charge < -0.3 is 9.80 Å². The number of para-hydroxylation sites is 1. The van der Waals surface area contributed by atoms with Crippen LogP contribution >= 0.6 is 0 Å². The summed E-state index contributed by atoms with van der Waals surface area (Å²) in [5.41, 5.74) is 2.21. The quantitative estimate of drug-likeness (QED) is 0.812. The Kier molecular flexibility index (Phi) is 5.52. The molecule has 0 N–H and O–H groups in total. The van der Waals surface area contributed by atoms with Crippen molar-refractivity contribution < 1.29 is 4.79 Å². The standard InChI is InChI=1S/C18H22N2O/c1-19(15-16-9-5-3-6-10-16)14-13-18(21)20(2)17-11-7-4-8-12-17/h3-12H,13-15H2,1-2H3. The molecule has 0 spiro atoms. The highest BCUT2D eigenvalue weighted by Crippen LogP contribution is 2.12. The predicted octanol–water partition coefficient (Wildman–Crippen LogP) is 3.17. The van der Waals surface area contributed by atoms with Crippen molar-refractivity contribution in [2.24, 2.45) is 0 Å². The van der Waals surface area contributed by atoms with Gasteiger partial charge in [-0.3, -0.25) is 4.79 Å². The Morgan fingerprint density at radius 1 is 0.905 bits per heavy atom. The molecule has 0 heterocycles. The molecule has 1 amide bonds. The minimum Gasteiger partial charge on any atom is -0.315 e. The van der Waals surface area contributed by atoms with Gasteiger partial charge in [0.2, 0.25) is 5.91 Å². The zero-order chi connectivity index (χ0) is 15.1. The highest BCUT2D eigenvalue weighted by Gasteiger charge is 2.11. The van der Waals surface area contributed by atoms with Crippen LogP contribution in [0, 0.1) is 0 Å². The lowest BCUT2D eigenvalue weighted by Gasteiger charge is -2.20. The highest BCUT2D eigenvalue weighted by atomic mass is 16.2. The maximum atomic E-state index is 12.2. The number of amides is 1. The number of nitrogens with zero attached hydrogens (tertiary/aromatic N) is 2. The molecule has 2 aromatic rings. The number of anilines is 1. The van der Waals surface area contributed by atoms with Gasteiger partial charge in [-0.15, -0.1) is 0 Å². The van der Waals surface area contributed by atoms with Gasteiger partial charge in [-0.25, -0.2) is 0 Å². The number of hydrogen-bond donors (Lipinski definition) is 0. The van der Waals surface area contributed by atoms with Crippen LogP contribution in [0.2, 0.25) is 0 Å². The van der Waals surface area contributed by atoms with E-state index in [-0.39, 0.29) is 5.91 Å². The summed E-state index contributed by atoms with van der Waals surface area (Å²) in [6, 6.07) is 20.0. The van der Waals surface area contributed by atoms with Crippen molar-refractivity contribution in [3.8, 4) is 0 Å². The summed E-state index contributed by atoms with van der Waals surface area (Å²) in [5.74, 6) is 0.140. The summed E-state index contributed by atoms with van der Waals surface area (Å²) in [4.78, 5) is 16.1. The third kappa shape index (κ3) is 4.72. The van der Waals surface area contributed by atoms with Gasteiger partial charge in [0.1, 0.15) is 0 Å². The lowest BCUT2D eigenvalue weighted by Crippen LogP contribution is -2.30. The van der Waals surface area contributed by atoms with Crippen molar-refractivity contribution in [2.75, 3.05) is 25.5 Å². The van der Waals surface area contributed by atoms with Crippen molar-refractivity contribution in [1.29, 1.82) is 0 Å². The number of rotatable bonds is 6. The molecule has 0 radical (unpaired) electrons. The molecule has 21 heavy (non-hydrogen) atoms. The van der Waals surface area contributed by atoms with Gasteiger partial charge in [0.15, 0.2) is 0 Å². The van der Waals surface area contributed by atoms with Gasteiger partial charge in [0.25, 0.3) is 0 Å². The van der Waals surface area contributed by atoms with Gasteiger partial charge >= 0.3 is 0 Å².